The van der Waals surface area contributed by atoms with Crippen LogP contribution in [-0.4, -0.2) is 33.3 Å². The molecule has 0 aliphatic carbocycles. The number of hydrogen-bond acceptors (Lipinski definition) is 4. The number of rotatable bonds is 9. The van der Waals surface area contributed by atoms with Gasteiger partial charge < -0.3 is 10.6 Å². The van der Waals surface area contributed by atoms with E-state index in [0.717, 1.165) is 22.3 Å². The second kappa shape index (κ2) is 11.7. The van der Waals surface area contributed by atoms with Crippen molar-refractivity contribution < 1.29 is 4.79 Å². The van der Waals surface area contributed by atoms with E-state index < -0.39 is 6.04 Å². The quantitative estimate of drug-likeness (QED) is 0.327. The molecule has 1 atom stereocenters. The summed E-state index contributed by atoms with van der Waals surface area (Å²) in [6.45, 7) is 11.1. The largest absolute Gasteiger partial charge is 0.330 e. The third-order valence-corrected chi connectivity index (χ3v) is 7.20. The Balaban J connectivity index is 1.94. The average Bonchev–Trinajstić information content (AvgIpc) is 2.89. The zero-order chi connectivity index (χ0) is 27.4. The number of amides is 1. The Morgan fingerprint density at radius 1 is 1.00 bits per heavy atom. The van der Waals surface area contributed by atoms with Gasteiger partial charge in [0.1, 0.15) is 5.65 Å². The maximum absolute atomic E-state index is 14.1. The van der Waals surface area contributed by atoms with E-state index in [1.54, 1.807) is 10.6 Å². The fraction of sp³-hybridized carbons (Fsp3) is 0.344. The molecule has 6 heteroatoms. The SMILES string of the molecule is Cc1ccn2c(=O)c(Cc3ccccc3)c(C(C(C)C)N(CCCN)C(=O)c3ccc(C)c(C)c3)nc2c1. The van der Waals surface area contributed by atoms with Crippen LogP contribution in [0.4, 0.5) is 0 Å². The minimum atomic E-state index is -0.396. The van der Waals surface area contributed by atoms with Gasteiger partial charge in [0.25, 0.3) is 11.5 Å². The van der Waals surface area contributed by atoms with Crippen LogP contribution < -0.4 is 11.3 Å². The van der Waals surface area contributed by atoms with E-state index >= 15 is 0 Å². The number of benzene rings is 2. The van der Waals surface area contributed by atoms with Crippen LogP contribution >= 0.6 is 0 Å². The van der Waals surface area contributed by atoms with Crippen molar-refractivity contribution in [3.63, 3.8) is 0 Å². The first-order valence-corrected chi connectivity index (χ1v) is 13.3. The van der Waals surface area contributed by atoms with E-state index in [1.807, 2.05) is 86.3 Å². The van der Waals surface area contributed by atoms with Crippen molar-refractivity contribution in [3.05, 3.63) is 116 Å². The summed E-state index contributed by atoms with van der Waals surface area (Å²) in [4.78, 5) is 35.0. The number of fused-ring (bicyclic) bond motifs is 1. The lowest BCUT2D eigenvalue weighted by Crippen LogP contribution is -2.41. The lowest BCUT2D eigenvalue weighted by atomic mass is 9.92. The highest BCUT2D eigenvalue weighted by Crippen LogP contribution is 2.32. The van der Waals surface area contributed by atoms with Gasteiger partial charge in [-0.15, -0.1) is 0 Å². The number of carbonyl (C=O) groups is 1. The molecule has 6 nitrogen and oxygen atoms in total. The monoisotopic (exact) mass is 510 g/mol. The minimum absolute atomic E-state index is 0.0111. The summed E-state index contributed by atoms with van der Waals surface area (Å²) in [6, 6.07) is 19.2. The van der Waals surface area contributed by atoms with Crippen LogP contribution in [0.15, 0.2) is 71.7 Å². The van der Waals surface area contributed by atoms with Crippen LogP contribution in [0.1, 0.15) is 70.2 Å². The second-order valence-corrected chi connectivity index (χ2v) is 10.5. The van der Waals surface area contributed by atoms with Gasteiger partial charge in [-0.2, -0.15) is 0 Å². The summed E-state index contributed by atoms with van der Waals surface area (Å²) in [5.41, 5.74) is 12.6. The number of hydrogen-bond donors (Lipinski definition) is 1. The molecule has 2 N–H and O–H groups in total. The van der Waals surface area contributed by atoms with E-state index in [4.69, 9.17) is 10.7 Å². The topological polar surface area (TPSA) is 80.7 Å². The molecule has 1 unspecified atom stereocenters. The normalized spacial score (nSPS) is 12.2. The molecule has 1 amide bonds. The molecule has 0 fully saturated rings. The van der Waals surface area contributed by atoms with Crippen LogP contribution in [0, 0.1) is 26.7 Å². The molecular weight excluding hydrogens is 472 g/mol. The summed E-state index contributed by atoms with van der Waals surface area (Å²) in [5, 5.41) is 0. The number of pyridine rings is 1. The summed E-state index contributed by atoms with van der Waals surface area (Å²) < 4.78 is 1.61. The standard InChI is InChI=1S/C32H38N4O2/c1-21(2)30(36(16-9-15-33)31(37)26-13-12-23(4)24(5)19-26)29-27(20-25-10-7-6-8-11-25)32(38)35-17-14-22(3)18-28(35)34-29/h6-8,10-14,17-19,21,30H,9,15-16,20,33H2,1-5H3. The van der Waals surface area contributed by atoms with Crippen molar-refractivity contribution in [1.29, 1.82) is 0 Å². The van der Waals surface area contributed by atoms with Crippen LogP contribution in [-0.2, 0) is 6.42 Å². The van der Waals surface area contributed by atoms with E-state index in [1.165, 1.54) is 0 Å². The van der Waals surface area contributed by atoms with E-state index in [2.05, 4.69) is 13.8 Å². The van der Waals surface area contributed by atoms with Crippen LogP contribution in [0.5, 0.6) is 0 Å². The molecule has 198 valence electrons. The van der Waals surface area contributed by atoms with Crippen molar-refractivity contribution in [1.82, 2.24) is 14.3 Å². The van der Waals surface area contributed by atoms with E-state index in [0.29, 0.717) is 48.4 Å². The van der Waals surface area contributed by atoms with Gasteiger partial charge in [-0.3, -0.25) is 14.0 Å². The minimum Gasteiger partial charge on any atom is -0.330 e. The predicted molar refractivity (Wildman–Crippen MR) is 154 cm³/mol. The molecule has 0 bridgehead atoms. The molecular formula is C32H38N4O2. The summed E-state index contributed by atoms with van der Waals surface area (Å²) in [5.74, 6) is -0.0610. The number of aromatic nitrogens is 2. The summed E-state index contributed by atoms with van der Waals surface area (Å²) in [7, 11) is 0. The highest BCUT2D eigenvalue weighted by Gasteiger charge is 2.33. The molecule has 2 aromatic heterocycles. The number of carbonyl (C=O) groups excluding carboxylic acids is 1. The van der Waals surface area contributed by atoms with Gasteiger partial charge in [0.2, 0.25) is 0 Å². The van der Waals surface area contributed by atoms with Crippen molar-refractivity contribution in [3.8, 4) is 0 Å². The fourth-order valence-corrected chi connectivity index (χ4v) is 5.00. The van der Waals surface area contributed by atoms with Crippen molar-refractivity contribution in [2.24, 2.45) is 11.7 Å². The van der Waals surface area contributed by atoms with Gasteiger partial charge in [-0.05, 0) is 86.2 Å². The molecule has 0 aliphatic heterocycles. The Morgan fingerprint density at radius 2 is 1.74 bits per heavy atom. The summed E-state index contributed by atoms with van der Waals surface area (Å²) >= 11 is 0. The van der Waals surface area contributed by atoms with Crippen molar-refractivity contribution >= 4 is 11.6 Å². The van der Waals surface area contributed by atoms with E-state index in [-0.39, 0.29) is 17.4 Å². The number of nitrogens with two attached hydrogens (primary N) is 1. The average molecular weight is 511 g/mol. The first-order valence-electron chi connectivity index (χ1n) is 13.3. The first-order chi connectivity index (χ1) is 18.2. The maximum atomic E-state index is 14.1. The van der Waals surface area contributed by atoms with Gasteiger partial charge in [0.05, 0.1) is 11.7 Å². The molecule has 0 saturated heterocycles. The highest BCUT2D eigenvalue weighted by molar-refractivity contribution is 5.94. The number of aryl methyl sites for hydroxylation is 3. The van der Waals surface area contributed by atoms with Crippen LogP contribution in [0.2, 0.25) is 0 Å². The molecule has 4 aromatic rings. The number of nitrogens with zero attached hydrogens (tertiary/aromatic N) is 3. The van der Waals surface area contributed by atoms with Gasteiger partial charge in [-0.1, -0.05) is 50.2 Å². The molecule has 38 heavy (non-hydrogen) atoms. The van der Waals surface area contributed by atoms with Crippen LogP contribution in [0.25, 0.3) is 5.65 Å². The first kappa shape index (κ1) is 27.3. The zero-order valence-corrected chi connectivity index (χ0v) is 23.1. The molecule has 2 aromatic carbocycles. The maximum Gasteiger partial charge on any atom is 0.261 e. The smallest absolute Gasteiger partial charge is 0.261 e. The third kappa shape index (κ3) is 5.70. The highest BCUT2D eigenvalue weighted by atomic mass is 16.2. The Bertz CT molecular complexity index is 1490. The Labute approximate surface area is 225 Å². The third-order valence-electron chi connectivity index (χ3n) is 7.20. The van der Waals surface area contributed by atoms with Gasteiger partial charge in [-0.25, -0.2) is 4.98 Å². The molecule has 0 spiro atoms. The molecule has 2 heterocycles. The van der Waals surface area contributed by atoms with Gasteiger partial charge in [0.15, 0.2) is 0 Å². The summed E-state index contributed by atoms with van der Waals surface area (Å²) in [6.07, 6.45) is 2.87. The van der Waals surface area contributed by atoms with Crippen molar-refractivity contribution in [2.45, 2.75) is 53.5 Å². The second-order valence-electron chi connectivity index (χ2n) is 10.5. The fourth-order valence-electron chi connectivity index (χ4n) is 5.00. The lowest BCUT2D eigenvalue weighted by Gasteiger charge is -2.35. The van der Waals surface area contributed by atoms with E-state index in [9.17, 15) is 9.59 Å². The lowest BCUT2D eigenvalue weighted by molar-refractivity contribution is 0.0614. The Kier molecular flexibility index (Phi) is 8.42. The van der Waals surface area contributed by atoms with Gasteiger partial charge >= 0.3 is 0 Å². The Morgan fingerprint density at radius 3 is 2.39 bits per heavy atom. The van der Waals surface area contributed by atoms with Crippen LogP contribution in [0.3, 0.4) is 0 Å². The van der Waals surface area contributed by atoms with Crippen molar-refractivity contribution in [2.75, 3.05) is 13.1 Å². The van der Waals surface area contributed by atoms with Gasteiger partial charge in [0, 0.05) is 30.3 Å². The molecule has 0 aliphatic rings. The predicted octanol–water partition coefficient (Wildman–Crippen LogP) is 5.40. The zero-order valence-electron chi connectivity index (χ0n) is 23.1. The molecule has 0 saturated carbocycles. The Hall–Kier alpha value is -3.77. The molecule has 4 rings (SSSR count). The molecule has 0 radical (unpaired) electrons.